The summed E-state index contributed by atoms with van der Waals surface area (Å²) >= 11 is 0. The predicted octanol–water partition coefficient (Wildman–Crippen LogP) is 3.72. The Hall–Kier alpha value is -3.72. The van der Waals surface area contributed by atoms with Crippen molar-refractivity contribution in [3.8, 4) is 0 Å². The largest absolute Gasteiger partial charge is 0.352 e. The van der Waals surface area contributed by atoms with Gasteiger partial charge in [-0.15, -0.1) is 0 Å². The van der Waals surface area contributed by atoms with Crippen LogP contribution in [0.4, 0.5) is 10.1 Å². The van der Waals surface area contributed by atoms with Crippen LogP contribution in [-0.4, -0.2) is 38.2 Å². The van der Waals surface area contributed by atoms with Gasteiger partial charge in [0.1, 0.15) is 5.82 Å². The number of hydrogen-bond donors (Lipinski definition) is 2. The molecule has 1 aliphatic heterocycles. The molecule has 0 aromatic heterocycles. The molecule has 0 bridgehead atoms. The topological polar surface area (TPSA) is 95.6 Å². The molecule has 3 aromatic rings. The van der Waals surface area contributed by atoms with Crippen molar-refractivity contribution in [3.63, 3.8) is 0 Å². The Morgan fingerprint density at radius 1 is 0.829 bits per heavy atom. The van der Waals surface area contributed by atoms with Gasteiger partial charge in [-0.05, 0) is 72.5 Å². The Balaban J connectivity index is 1.27. The van der Waals surface area contributed by atoms with Gasteiger partial charge in [0.2, 0.25) is 5.91 Å². The number of sulfonamides is 1. The molecule has 4 rings (SSSR count). The Kier molecular flexibility index (Phi) is 7.45. The van der Waals surface area contributed by atoms with E-state index >= 15 is 0 Å². The number of benzene rings is 3. The second-order valence-electron chi connectivity index (χ2n) is 8.41. The second kappa shape index (κ2) is 10.7. The van der Waals surface area contributed by atoms with E-state index in [-0.39, 0.29) is 23.1 Å². The van der Waals surface area contributed by atoms with Crippen molar-refractivity contribution in [2.24, 2.45) is 0 Å². The number of likely N-dealkylation sites (tertiary alicyclic amines) is 1. The zero-order chi connectivity index (χ0) is 24.8. The summed E-state index contributed by atoms with van der Waals surface area (Å²) in [5.41, 5.74) is 2.60. The van der Waals surface area contributed by atoms with E-state index in [0.29, 0.717) is 17.8 Å². The number of amides is 2. The Morgan fingerprint density at radius 2 is 1.43 bits per heavy atom. The van der Waals surface area contributed by atoms with Crippen LogP contribution < -0.4 is 10.0 Å². The molecule has 0 spiro atoms. The summed E-state index contributed by atoms with van der Waals surface area (Å²) in [7, 11) is -3.84. The Labute approximate surface area is 204 Å². The molecule has 1 aliphatic rings. The number of nitrogens with one attached hydrogen (secondary N) is 2. The zero-order valence-corrected chi connectivity index (χ0v) is 19.9. The van der Waals surface area contributed by atoms with Crippen LogP contribution in [0.2, 0.25) is 0 Å². The van der Waals surface area contributed by atoms with Crippen LogP contribution >= 0.6 is 0 Å². The SMILES string of the molecule is O=C(Cc1ccc(NS(=O)(=O)c2ccc(F)cc2)cc1)NCc1ccc(C(=O)N2CCCC2)cc1. The number of rotatable bonds is 8. The van der Waals surface area contributed by atoms with E-state index in [1.165, 1.54) is 12.1 Å². The van der Waals surface area contributed by atoms with Gasteiger partial charge in [-0.1, -0.05) is 24.3 Å². The van der Waals surface area contributed by atoms with Gasteiger partial charge in [-0.2, -0.15) is 0 Å². The number of hydrogen-bond acceptors (Lipinski definition) is 4. The third-order valence-electron chi connectivity index (χ3n) is 5.78. The maximum Gasteiger partial charge on any atom is 0.261 e. The maximum absolute atomic E-state index is 13.0. The lowest BCUT2D eigenvalue weighted by molar-refractivity contribution is -0.120. The molecule has 182 valence electrons. The molecule has 35 heavy (non-hydrogen) atoms. The molecule has 2 amide bonds. The van der Waals surface area contributed by atoms with Gasteiger partial charge in [0.05, 0.1) is 11.3 Å². The Morgan fingerprint density at radius 3 is 2.06 bits per heavy atom. The van der Waals surface area contributed by atoms with Crippen LogP contribution in [-0.2, 0) is 27.8 Å². The van der Waals surface area contributed by atoms with Crippen LogP contribution in [0.3, 0.4) is 0 Å². The van der Waals surface area contributed by atoms with Crippen LogP contribution in [0.5, 0.6) is 0 Å². The molecule has 1 fully saturated rings. The molecule has 0 radical (unpaired) electrons. The molecular weight excluding hydrogens is 469 g/mol. The number of carbonyl (C=O) groups excluding carboxylic acids is 2. The first kappa shape index (κ1) is 24.4. The fraction of sp³-hybridized carbons (Fsp3) is 0.231. The number of anilines is 1. The van der Waals surface area contributed by atoms with Crippen molar-refractivity contribution in [1.29, 1.82) is 0 Å². The Bertz CT molecular complexity index is 1290. The van der Waals surface area contributed by atoms with Crippen molar-refractivity contribution in [3.05, 3.63) is 95.3 Å². The standard InChI is InChI=1S/C26H26FN3O4S/c27-22-9-13-24(14-10-22)35(33,34)29-23-11-5-19(6-12-23)17-25(31)28-18-20-3-7-21(8-4-20)26(32)30-15-1-2-16-30/h3-14,29H,1-2,15-18H2,(H,28,31). The minimum absolute atomic E-state index is 0.0430. The second-order valence-corrected chi connectivity index (χ2v) is 10.1. The van der Waals surface area contributed by atoms with E-state index in [1.807, 2.05) is 17.0 Å². The van der Waals surface area contributed by atoms with Crippen LogP contribution in [0.25, 0.3) is 0 Å². The lowest BCUT2D eigenvalue weighted by atomic mass is 10.1. The monoisotopic (exact) mass is 495 g/mol. The van der Waals surface area contributed by atoms with Crippen molar-refractivity contribution in [1.82, 2.24) is 10.2 Å². The smallest absolute Gasteiger partial charge is 0.261 e. The van der Waals surface area contributed by atoms with Gasteiger partial charge in [-0.25, -0.2) is 12.8 Å². The van der Waals surface area contributed by atoms with Gasteiger partial charge in [0, 0.05) is 30.9 Å². The molecule has 1 heterocycles. The van der Waals surface area contributed by atoms with Gasteiger partial charge in [-0.3, -0.25) is 14.3 Å². The minimum Gasteiger partial charge on any atom is -0.352 e. The summed E-state index contributed by atoms with van der Waals surface area (Å²) in [4.78, 5) is 26.6. The molecule has 0 atom stereocenters. The molecule has 1 saturated heterocycles. The van der Waals surface area contributed by atoms with Crippen LogP contribution in [0.15, 0.2) is 77.7 Å². The molecule has 9 heteroatoms. The van der Waals surface area contributed by atoms with E-state index in [4.69, 9.17) is 0 Å². The zero-order valence-electron chi connectivity index (χ0n) is 19.0. The highest BCUT2D eigenvalue weighted by molar-refractivity contribution is 7.92. The summed E-state index contributed by atoms with van der Waals surface area (Å²) in [5, 5.41) is 2.85. The third kappa shape index (κ3) is 6.45. The predicted molar refractivity (Wildman–Crippen MR) is 131 cm³/mol. The van der Waals surface area contributed by atoms with E-state index < -0.39 is 15.8 Å². The van der Waals surface area contributed by atoms with Crippen molar-refractivity contribution >= 4 is 27.5 Å². The number of halogens is 1. The van der Waals surface area contributed by atoms with E-state index in [2.05, 4.69) is 10.0 Å². The summed E-state index contributed by atoms with van der Waals surface area (Å²) in [5.74, 6) is -0.653. The molecule has 0 unspecified atom stereocenters. The summed E-state index contributed by atoms with van der Waals surface area (Å²) < 4.78 is 40.3. The van der Waals surface area contributed by atoms with E-state index in [0.717, 1.165) is 49.2 Å². The number of nitrogens with zero attached hydrogens (tertiary/aromatic N) is 1. The average Bonchev–Trinajstić information content (AvgIpc) is 3.39. The van der Waals surface area contributed by atoms with E-state index in [9.17, 15) is 22.4 Å². The first-order valence-electron chi connectivity index (χ1n) is 11.3. The third-order valence-corrected chi connectivity index (χ3v) is 7.18. The highest BCUT2D eigenvalue weighted by Crippen LogP contribution is 2.18. The highest BCUT2D eigenvalue weighted by Gasteiger charge is 2.19. The molecule has 3 aromatic carbocycles. The quantitative estimate of drug-likeness (QED) is 0.498. The number of carbonyl (C=O) groups is 2. The fourth-order valence-corrected chi connectivity index (χ4v) is 4.89. The minimum atomic E-state index is -3.84. The normalized spacial score (nSPS) is 13.5. The summed E-state index contributed by atoms with van der Waals surface area (Å²) in [6, 6.07) is 18.3. The average molecular weight is 496 g/mol. The van der Waals surface area contributed by atoms with Gasteiger partial charge < -0.3 is 10.2 Å². The van der Waals surface area contributed by atoms with Gasteiger partial charge in [0.15, 0.2) is 0 Å². The fourth-order valence-electron chi connectivity index (χ4n) is 3.83. The molecular formula is C26H26FN3O4S. The van der Waals surface area contributed by atoms with Gasteiger partial charge in [0.25, 0.3) is 15.9 Å². The molecule has 2 N–H and O–H groups in total. The molecule has 0 saturated carbocycles. The van der Waals surface area contributed by atoms with Crippen molar-refractivity contribution in [2.45, 2.75) is 30.7 Å². The summed E-state index contributed by atoms with van der Waals surface area (Å²) in [6.07, 6.45) is 2.23. The van der Waals surface area contributed by atoms with Crippen molar-refractivity contribution in [2.75, 3.05) is 17.8 Å². The van der Waals surface area contributed by atoms with E-state index in [1.54, 1.807) is 36.4 Å². The first-order chi connectivity index (χ1) is 16.8. The molecule has 0 aliphatic carbocycles. The highest BCUT2D eigenvalue weighted by atomic mass is 32.2. The van der Waals surface area contributed by atoms with Gasteiger partial charge >= 0.3 is 0 Å². The first-order valence-corrected chi connectivity index (χ1v) is 12.8. The lowest BCUT2D eigenvalue weighted by Crippen LogP contribution is -2.27. The van der Waals surface area contributed by atoms with Crippen molar-refractivity contribution < 1.29 is 22.4 Å². The lowest BCUT2D eigenvalue weighted by Gasteiger charge is -2.15. The summed E-state index contributed by atoms with van der Waals surface area (Å²) in [6.45, 7) is 1.95. The molecule has 7 nitrogen and oxygen atoms in total. The van der Waals surface area contributed by atoms with Crippen LogP contribution in [0, 0.1) is 5.82 Å². The van der Waals surface area contributed by atoms with Crippen LogP contribution in [0.1, 0.15) is 34.3 Å². The maximum atomic E-state index is 13.0.